The summed E-state index contributed by atoms with van der Waals surface area (Å²) < 4.78 is 20.6. The van der Waals surface area contributed by atoms with Gasteiger partial charge in [0.05, 0.1) is 12.2 Å². The molecule has 3 fully saturated rings. The zero-order chi connectivity index (χ0) is 27.8. The van der Waals surface area contributed by atoms with E-state index < -0.39 is 42.7 Å². The quantitative estimate of drug-likeness (QED) is 0.447. The van der Waals surface area contributed by atoms with Crippen LogP contribution >= 0.6 is 0 Å². The van der Waals surface area contributed by atoms with Gasteiger partial charge in [0, 0.05) is 25.1 Å². The van der Waals surface area contributed by atoms with Gasteiger partial charge in [-0.25, -0.2) is 15.0 Å². The van der Waals surface area contributed by atoms with Crippen LogP contribution in [0.25, 0.3) is 11.2 Å². The van der Waals surface area contributed by atoms with Gasteiger partial charge in [0.15, 0.2) is 35.6 Å². The first-order chi connectivity index (χ1) is 19.4. The van der Waals surface area contributed by atoms with Gasteiger partial charge in [-0.05, 0) is 19.3 Å². The predicted molar refractivity (Wildman–Crippen MR) is 139 cm³/mol. The molecule has 3 aromatic rings. The number of carbonyl (C=O) groups is 3. The Hall–Kier alpha value is -3.94. The number of nitrogens with one attached hydrogen (secondary N) is 1. The number of anilines is 1. The van der Waals surface area contributed by atoms with E-state index in [1.807, 2.05) is 37.3 Å². The molecule has 2 amide bonds. The molecule has 1 aromatic carbocycles. The first-order valence-electron chi connectivity index (χ1n) is 13.4. The molecular weight excluding hydrogens is 520 g/mol. The fourth-order valence-electron chi connectivity index (χ4n) is 5.52. The highest BCUT2D eigenvalue weighted by molar-refractivity contribution is 5.96. The average molecular weight is 551 g/mol. The standard InChI is InChI=1S/C27H30N6O7/c1-2-6-17(34)31-22-18-23(29-13-28-22)33(14-30-18)25-21-19(39-27(40-21)16-7-4-3-5-8-16)20(38-25)24(35)32-11-9-15(10-12-32)26(36)37/h3-5,7-8,13-15,19-21,25,27H,2,6,9-12H2,1H3,(H,36,37)(H,28,29,31,34)/t19?,20?,21?,25?,27-/m0/s1. The van der Waals surface area contributed by atoms with Gasteiger partial charge in [-0.3, -0.25) is 19.0 Å². The Morgan fingerprint density at radius 3 is 2.50 bits per heavy atom. The third-order valence-corrected chi connectivity index (χ3v) is 7.59. The van der Waals surface area contributed by atoms with Crippen molar-refractivity contribution in [3.8, 4) is 0 Å². The fraction of sp³-hybridized carbons (Fsp3) is 0.481. The van der Waals surface area contributed by atoms with Gasteiger partial charge in [0.2, 0.25) is 5.91 Å². The maximum absolute atomic E-state index is 13.7. The van der Waals surface area contributed by atoms with Gasteiger partial charge in [0.1, 0.15) is 18.5 Å². The first-order valence-corrected chi connectivity index (χ1v) is 13.4. The molecule has 2 N–H and O–H groups in total. The summed E-state index contributed by atoms with van der Waals surface area (Å²) in [7, 11) is 0. The Labute approximate surface area is 229 Å². The number of hydrogen-bond acceptors (Lipinski definition) is 9. The minimum Gasteiger partial charge on any atom is -0.481 e. The number of fused-ring (bicyclic) bond motifs is 2. The molecule has 5 heterocycles. The number of aromatic nitrogens is 4. The van der Waals surface area contributed by atoms with E-state index in [-0.39, 0.29) is 17.6 Å². The molecular formula is C27H30N6O7. The number of benzene rings is 1. The molecule has 3 aliphatic heterocycles. The summed E-state index contributed by atoms with van der Waals surface area (Å²) in [4.78, 5) is 52.0. The van der Waals surface area contributed by atoms with Crippen LogP contribution in [-0.4, -0.2) is 78.7 Å². The van der Waals surface area contributed by atoms with Crippen molar-refractivity contribution in [2.45, 2.75) is 63.4 Å². The summed E-state index contributed by atoms with van der Waals surface area (Å²) in [5, 5.41) is 12.1. The van der Waals surface area contributed by atoms with Crippen molar-refractivity contribution >= 4 is 34.8 Å². The normalized spacial score (nSPS) is 26.6. The molecule has 0 spiro atoms. The predicted octanol–water partition coefficient (Wildman–Crippen LogP) is 2.27. The largest absolute Gasteiger partial charge is 0.481 e. The second-order valence-electron chi connectivity index (χ2n) is 10.2. The number of nitrogens with zero attached hydrogens (tertiary/aromatic N) is 5. The van der Waals surface area contributed by atoms with E-state index in [1.165, 1.54) is 12.7 Å². The van der Waals surface area contributed by atoms with E-state index in [4.69, 9.17) is 14.2 Å². The third kappa shape index (κ3) is 4.80. The number of carbonyl (C=O) groups excluding carboxylic acids is 2. The zero-order valence-corrected chi connectivity index (χ0v) is 21.9. The van der Waals surface area contributed by atoms with Crippen molar-refractivity contribution < 1.29 is 33.7 Å². The fourth-order valence-corrected chi connectivity index (χ4v) is 5.52. The van der Waals surface area contributed by atoms with E-state index in [0.717, 1.165) is 5.56 Å². The number of hydrogen-bond donors (Lipinski definition) is 2. The van der Waals surface area contributed by atoms with E-state index in [0.29, 0.717) is 49.9 Å². The van der Waals surface area contributed by atoms with Gasteiger partial charge in [0.25, 0.3) is 5.91 Å². The number of amides is 2. The van der Waals surface area contributed by atoms with Crippen LogP contribution in [0.2, 0.25) is 0 Å². The van der Waals surface area contributed by atoms with Gasteiger partial charge < -0.3 is 29.5 Å². The molecule has 13 heteroatoms. The number of rotatable bonds is 7. The SMILES string of the molecule is CCCC(=O)Nc1ncnc2c1ncn2C1OC(C(=O)N2CCC(C(=O)O)CC2)C2O[C@H](c3ccccc3)OC21. The molecule has 3 saturated heterocycles. The van der Waals surface area contributed by atoms with Crippen LogP contribution in [0.5, 0.6) is 0 Å². The van der Waals surface area contributed by atoms with Crippen LogP contribution < -0.4 is 5.32 Å². The highest BCUT2D eigenvalue weighted by Crippen LogP contribution is 2.45. The Morgan fingerprint density at radius 2 is 1.77 bits per heavy atom. The number of carboxylic acid groups (broad SMARTS) is 1. The summed E-state index contributed by atoms with van der Waals surface area (Å²) in [6.07, 6.45) is 0.793. The first kappa shape index (κ1) is 26.3. The van der Waals surface area contributed by atoms with Crippen molar-refractivity contribution in [2.24, 2.45) is 5.92 Å². The molecule has 6 rings (SSSR count). The van der Waals surface area contributed by atoms with Gasteiger partial charge in [-0.1, -0.05) is 37.3 Å². The Kier molecular flexibility index (Phi) is 7.17. The highest BCUT2D eigenvalue weighted by atomic mass is 16.8. The van der Waals surface area contributed by atoms with E-state index >= 15 is 0 Å². The van der Waals surface area contributed by atoms with Crippen LogP contribution in [0.1, 0.15) is 50.7 Å². The summed E-state index contributed by atoms with van der Waals surface area (Å²) >= 11 is 0. The van der Waals surface area contributed by atoms with Crippen LogP contribution in [0.3, 0.4) is 0 Å². The Balaban J connectivity index is 1.30. The number of carboxylic acids is 1. The smallest absolute Gasteiger partial charge is 0.306 e. The number of ether oxygens (including phenoxy) is 3. The number of aliphatic carboxylic acids is 1. The molecule has 4 unspecified atom stereocenters. The van der Waals surface area contributed by atoms with Crippen molar-refractivity contribution in [1.82, 2.24) is 24.4 Å². The molecule has 5 atom stereocenters. The molecule has 0 radical (unpaired) electrons. The summed E-state index contributed by atoms with van der Waals surface area (Å²) in [5.74, 6) is -1.47. The lowest BCUT2D eigenvalue weighted by Crippen LogP contribution is -2.48. The maximum atomic E-state index is 13.7. The highest BCUT2D eigenvalue weighted by Gasteiger charge is 2.57. The second kappa shape index (κ2) is 10.9. The minimum absolute atomic E-state index is 0.176. The summed E-state index contributed by atoms with van der Waals surface area (Å²) in [5.41, 5.74) is 1.60. The van der Waals surface area contributed by atoms with Gasteiger partial charge in [-0.2, -0.15) is 0 Å². The zero-order valence-electron chi connectivity index (χ0n) is 21.9. The van der Waals surface area contributed by atoms with Crippen LogP contribution in [0.15, 0.2) is 43.0 Å². The van der Waals surface area contributed by atoms with Crippen LogP contribution in [-0.2, 0) is 28.6 Å². The van der Waals surface area contributed by atoms with Crippen LogP contribution in [0.4, 0.5) is 5.82 Å². The van der Waals surface area contributed by atoms with Crippen molar-refractivity contribution in [2.75, 3.05) is 18.4 Å². The molecule has 0 aliphatic carbocycles. The Bertz CT molecular complexity index is 1410. The molecule has 2 aromatic heterocycles. The number of piperidine rings is 1. The molecule has 0 bridgehead atoms. The second-order valence-corrected chi connectivity index (χ2v) is 10.2. The molecule has 40 heavy (non-hydrogen) atoms. The van der Waals surface area contributed by atoms with E-state index in [1.54, 1.807) is 9.47 Å². The van der Waals surface area contributed by atoms with E-state index in [2.05, 4.69) is 20.3 Å². The third-order valence-electron chi connectivity index (χ3n) is 7.59. The molecule has 3 aliphatic rings. The van der Waals surface area contributed by atoms with Gasteiger partial charge >= 0.3 is 5.97 Å². The monoisotopic (exact) mass is 550 g/mol. The summed E-state index contributed by atoms with van der Waals surface area (Å²) in [6.45, 7) is 2.56. The lowest BCUT2D eigenvalue weighted by molar-refractivity contribution is -0.170. The van der Waals surface area contributed by atoms with Gasteiger partial charge in [-0.15, -0.1) is 0 Å². The number of imidazole rings is 1. The van der Waals surface area contributed by atoms with Crippen molar-refractivity contribution in [3.05, 3.63) is 48.5 Å². The minimum atomic E-state index is -0.979. The Morgan fingerprint density at radius 1 is 1.02 bits per heavy atom. The lowest BCUT2D eigenvalue weighted by Gasteiger charge is -2.32. The van der Waals surface area contributed by atoms with Crippen LogP contribution in [0, 0.1) is 5.92 Å². The van der Waals surface area contributed by atoms with Crippen molar-refractivity contribution in [3.63, 3.8) is 0 Å². The number of likely N-dealkylation sites (tertiary alicyclic amines) is 1. The summed E-state index contributed by atoms with van der Waals surface area (Å²) in [6, 6.07) is 9.44. The molecule has 13 nitrogen and oxygen atoms in total. The maximum Gasteiger partial charge on any atom is 0.306 e. The van der Waals surface area contributed by atoms with E-state index in [9.17, 15) is 19.5 Å². The average Bonchev–Trinajstić information content (AvgIpc) is 3.68. The topological polar surface area (TPSA) is 158 Å². The molecule has 0 saturated carbocycles. The van der Waals surface area contributed by atoms with Crippen molar-refractivity contribution in [1.29, 1.82) is 0 Å². The molecule has 210 valence electrons. The lowest BCUT2D eigenvalue weighted by atomic mass is 9.96.